The Morgan fingerprint density at radius 2 is 2.36 bits per heavy atom. The SMILES string of the molecule is Cc1cc(C(=O)O)n[nH]c1=O. The first-order valence-corrected chi connectivity index (χ1v) is 2.91. The van der Waals surface area contributed by atoms with E-state index in [4.69, 9.17) is 5.11 Å². The molecule has 11 heavy (non-hydrogen) atoms. The summed E-state index contributed by atoms with van der Waals surface area (Å²) in [5.74, 6) is -1.15. The largest absolute Gasteiger partial charge is 0.476 e. The molecule has 5 heteroatoms. The molecule has 1 rings (SSSR count). The highest BCUT2D eigenvalue weighted by molar-refractivity contribution is 5.85. The molecule has 1 aromatic rings. The van der Waals surface area contributed by atoms with Crippen molar-refractivity contribution >= 4 is 5.97 Å². The lowest BCUT2D eigenvalue weighted by Crippen LogP contribution is -2.14. The molecular formula is C6H6N2O3. The van der Waals surface area contributed by atoms with Crippen molar-refractivity contribution in [3.63, 3.8) is 0 Å². The topological polar surface area (TPSA) is 83.0 Å². The average Bonchev–Trinajstić information content (AvgIpc) is 1.94. The fourth-order valence-electron chi connectivity index (χ4n) is 0.612. The van der Waals surface area contributed by atoms with Crippen molar-refractivity contribution in [2.75, 3.05) is 0 Å². The van der Waals surface area contributed by atoms with Crippen molar-refractivity contribution in [2.45, 2.75) is 6.92 Å². The lowest BCUT2D eigenvalue weighted by Gasteiger charge is -1.92. The summed E-state index contributed by atoms with van der Waals surface area (Å²) in [5.41, 5.74) is -0.172. The third-order valence-corrected chi connectivity index (χ3v) is 1.21. The fourth-order valence-corrected chi connectivity index (χ4v) is 0.612. The third kappa shape index (κ3) is 1.43. The Bertz CT molecular complexity index is 342. The van der Waals surface area contributed by atoms with Gasteiger partial charge in [-0.25, -0.2) is 9.89 Å². The molecule has 0 unspecified atom stereocenters. The molecule has 0 bridgehead atoms. The van der Waals surface area contributed by atoms with Crippen LogP contribution in [0.5, 0.6) is 0 Å². The van der Waals surface area contributed by atoms with Crippen molar-refractivity contribution in [3.8, 4) is 0 Å². The fraction of sp³-hybridized carbons (Fsp3) is 0.167. The van der Waals surface area contributed by atoms with E-state index in [0.29, 0.717) is 5.56 Å². The lowest BCUT2D eigenvalue weighted by molar-refractivity contribution is 0.0689. The molecule has 0 spiro atoms. The second kappa shape index (κ2) is 2.53. The first-order valence-electron chi connectivity index (χ1n) is 2.91. The van der Waals surface area contributed by atoms with Gasteiger partial charge in [0.15, 0.2) is 5.69 Å². The van der Waals surface area contributed by atoms with E-state index in [2.05, 4.69) is 10.2 Å². The molecule has 1 aromatic heterocycles. The van der Waals surface area contributed by atoms with Crippen LogP contribution in [0, 0.1) is 6.92 Å². The highest BCUT2D eigenvalue weighted by Gasteiger charge is 2.05. The summed E-state index contributed by atoms with van der Waals surface area (Å²) in [5, 5.41) is 13.8. The number of aromatic amines is 1. The minimum atomic E-state index is -1.15. The number of nitrogens with one attached hydrogen (secondary N) is 1. The molecule has 0 radical (unpaired) electrons. The van der Waals surface area contributed by atoms with Crippen LogP contribution >= 0.6 is 0 Å². The predicted octanol–water partition coefficient (Wildman–Crippen LogP) is -0.223. The monoisotopic (exact) mass is 154 g/mol. The van der Waals surface area contributed by atoms with Crippen molar-refractivity contribution in [3.05, 3.63) is 27.7 Å². The molecule has 0 saturated carbocycles. The number of aryl methyl sites for hydroxylation is 1. The normalized spacial score (nSPS) is 9.55. The van der Waals surface area contributed by atoms with Crippen molar-refractivity contribution < 1.29 is 9.90 Å². The van der Waals surface area contributed by atoms with Crippen LogP contribution in [0.25, 0.3) is 0 Å². The van der Waals surface area contributed by atoms with Crippen molar-refractivity contribution in [1.82, 2.24) is 10.2 Å². The quantitative estimate of drug-likeness (QED) is 0.585. The van der Waals surface area contributed by atoms with Gasteiger partial charge in [-0.1, -0.05) is 0 Å². The van der Waals surface area contributed by atoms with Gasteiger partial charge in [0.1, 0.15) is 0 Å². The average molecular weight is 154 g/mol. The Labute approximate surface area is 61.7 Å². The zero-order chi connectivity index (χ0) is 8.43. The molecule has 0 amide bonds. The predicted molar refractivity (Wildman–Crippen MR) is 36.6 cm³/mol. The second-order valence-corrected chi connectivity index (χ2v) is 2.07. The summed E-state index contributed by atoms with van der Waals surface area (Å²) < 4.78 is 0. The van der Waals surface area contributed by atoms with Gasteiger partial charge < -0.3 is 5.11 Å². The van der Waals surface area contributed by atoms with Crippen LogP contribution < -0.4 is 5.56 Å². The van der Waals surface area contributed by atoms with E-state index < -0.39 is 5.97 Å². The molecule has 0 aliphatic rings. The summed E-state index contributed by atoms with van der Waals surface area (Å²) >= 11 is 0. The van der Waals surface area contributed by atoms with E-state index in [1.54, 1.807) is 0 Å². The Balaban J connectivity index is 3.26. The van der Waals surface area contributed by atoms with Gasteiger partial charge in [-0.2, -0.15) is 5.10 Å². The first-order chi connectivity index (χ1) is 5.11. The number of carboxylic acids is 1. The van der Waals surface area contributed by atoms with E-state index in [0.717, 1.165) is 0 Å². The highest BCUT2D eigenvalue weighted by Crippen LogP contribution is 1.91. The number of hydrogen-bond donors (Lipinski definition) is 2. The number of hydrogen-bond acceptors (Lipinski definition) is 3. The maximum absolute atomic E-state index is 10.7. The van der Waals surface area contributed by atoms with Gasteiger partial charge in [-0.05, 0) is 13.0 Å². The van der Waals surface area contributed by atoms with Gasteiger partial charge in [0.25, 0.3) is 5.56 Å². The molecule has 0 aliphatic heterocycles. The number of aromatic nitrogens is 2. The van der Waals surface area contributed by atoms with Gasteiger partial charge in [-0.15, -0.1) is 0 Å². The zero-order valence-corrected chi connectivity index (χ0v) is 5.79. The summed E-state index contributed by atoms with van der Waals surface area (Å²) in [6.07, 6.45) is 0. The van der Waals surface area contributed by atoms with E-state index in [-0.39, 0.29) is 11.3 Å². The smallest absolute Gasteiger partial charge is 0.356 e. The Morgan fingerprint density at radius 1 is 1.73 bits per heavy atom. The van der Waals surface area contributed by atoms with Gasteiger partial charge in [-0.3, -0.25) is 4.79 Å². The van der Waals surface area contributed by atoms with Gasteiger partial charge in [0, 0.05) is 5.56 Å². The zero-order valence-electron chi connectivity index (χ0n) is 5.79. The van der Waals surface area contributed by atoms with Crippen LogP contribution in [0.4, 0.5) is 0 Å². The lowest BCUT2D eigenvalue weighted by atomic mass is 10.3. The van der Waals surface area contributed by atoms with Gasteiger partial charge in [0.05, 0.1) is 0 Å². The number of rotatable bonds is 1. The maximum Gasteiger partial charge on any atom is 0.356 e. The van der Waals surface area contributed by atoms with Crippen LogP contribution in [0.3, 0.4) is 0 Å². The van der Waals surface area contributed by atoms with E-state index in [1.165, 1.54) is 13.0 Å². The molecule has 1 heterocycles. The molecule has 5 nitrogen and oxygen atoms in total. The van der Waals surface area contributed by atoms with Crippen LogP contribution in [-0.2, 0) is 0 Å². The summed E-state index contributed by atoms with van der Waals surface area (Å²) in [4.78, 5) is 21.0. The Morgan fingerprint density at radius 3 is 2.82 bits per heavy atom. The highest BCUT2D eigenvalue weighted by atomic mass is 16.4. The molecule has 0 aliphatic carbocycles. The molecule has 2 N–H and O–H groups in total. The second-order valence-electron chi connectivity index (χ2n) is 2.07. The summed E-state index contributed by atoms with van der Waals surface area (Å²) in [6.45, 7) is 1.52. The maximum atomic E-state index is 10.7. The summed E-state index contributed by atoms with van der Waals surface area (Å²) in [6, 6.07) is 1.22. The molecule has 58 valence electrons. The molecule has 0 aromatic carbocycles. The van der Waals surface area contributed by atoms with Crippen LogP contribution in [0.15, 0.2) is 10.9 Å². The number of carboxylic acid groups (broad SMARTS) is 1. The minimum absolute atomic E-state index is 0.151. The minimum Gasteiger partial charge on any atom is -0.476 e. The standard InChI is InChI=1S/C6H6N2O3/c1-3-2-4(6(10)11)7-8-5(3)9/h2H,1H3,(H,8,9)(H,10,11). The van der Waals surface area contributed by atoms with Gasteiger partial charge >= 0.3 is 5.97 Å². The first kappa shape index (κ1) is 7.46. The van der Waals surface area contributed by atoms with Crippen molar-refractivity contribution in [1.29, 1.82) is 0 Å². The molecule has 0 atom stereocenters. The van der Waals surface area contributed by atoms with Crippen LogP contribution in [-0.4, -0.2) is 21.3 Å². The summed E-state index contributed by atoms with van der Waals surface area (Å²) in [7, 11) is 0. The van der Waals surface area contributed by atoms with Crippen LogP contribution in [0.2, 0.25) is 0 Å². The van der Waals surface area contributed by atoms with E-state index in [1.807, 2.05) is 0 Å². The van der Waals surface area contributed by atoms with E-state index >= 15 is 0 Å². The molecule has 0 saturated heterocycles. The molecular weight excluding hydrogens is 148 g/mol. The Kier molecular flexibility index (Phi) is 1.72. The van der Waals surface area contributed by atoms with Gasteiger partial charge in [0.2, 0.25) is 0 Å². The van der Waals surface area contributed by atoms with E-state index in [9.17, 15) is 9.59 Å². The number of nitrogens with zero attached hydrogens (tertiary/aromatic N) is 1. The number of carbonyl (C=O) groups is 1. The number of H-pyrrole nitrogens is 1. The molecule has 0 fully saturated rings. The van der Waals surface area contributed by atoms with Crippen LogP contribution in [0.1, 0.15) is 16.1 Å². The third-order valence-electron chi connectivity index (χ3n) is 1.21. The van der Waals surface area contributed by atoms with Crippen molar-refractivity contribution in [2.24, 2.45) is 0 Å². The Hall–Kier alpha value is -1.65. The number of aromatic carboxylic acids is 1.